The van der Waals surface area contributed by atoms with Gasteiger partial charge in [-0.25, -0.2) is 23.2 Å². The van der Waals surface area contributed by atoms with Gasteiger partial charge in [-0.3, -0.25) is 0 Å². The Morgan fingerprint density at radius 1 is 1.04 bits per heavy atom. The zero-order valence-electron chi connectivity index (χ0n) is 13.6. The lowest BCUT2D eigenvalue weighted by Crippen LogP contribution is -2.12. The molecule has 9 heteroatoms. The van der Waals surface area contributed by atoms with Crippen molar-refractivity contribution < 1.29 is 13.0 Å². The highest BCUT2D eigenvalue weighted by molar-refractivity contribution is 7.89. The predicted molar refractivity (Wildman–Crippen MR) is 94.5 cm³/mol. The Labute approximate surface area is 149 Å². The molecule has 0 spiro atoms. The Kier molecular flexibility index (Phi) is 4.02. The van der Waals surface area contributed by atoms with Gasteiger partial charge in [0, 0.05) is 24.5 Å². The Morgan fingerprint density at radius 3 is 2.58 bits per heavy atom. The molecule has 0 aliphatic heterocycles. The van der Waals surface area contributed by atoms with Crippen molar-refractivity contribution in [1.29, 1.82) is 0 Å². The predicted octanol–water partition coefficient (Wildman–Crippen LogP) is 1.98. The molecule has 0 saturated carbocycles. The second kappa shape index (κ2) is 6.36. The summed E-state index contributed by atoms with van der Waals surface area (Å²) in [5.74, 6) is 0.816. The average molecular weight is 369 g/mol. The van der Waals surface area contributed by atoms with Crippen LogP contribution in [-0.4, -0.2) is 28.3 Å². The van der Waals surface area contributed by atoms with E-state index in [2.05, 4.69) is 15.3 Å². The Hall–Kier alpha value is -3.04. The number of nitrogens with zero attached hydrogens (tertiary/aromatic N) is 4. The zero-order chi connectivity index (χ0) is 18.1. The topological polar surface area (TPSA) is 117 Å². The summed E-state index contributed by atoms with van der Waals surface area (Å²) in [6, 6.07) is 12.2. The SMILES string of the molecule is NS(=O)(=O)c1ccc(CCn2ccnc2-c2ccc3nonc3c2)cc1. The molecule has 0 radical (unpaired) electrons. The molecule has 0 fully saturated rings. The number of imidazole rings is 1. The van der Waals surface area contributed by atoms with Crippen molar-refractivity contribution in [2.45, 2.75) is 17.9 Å². The fourth-order valence-corrected chi connectivity index (χ4v) is 3.28. The van der Waals surface area contributed by atoms with Crippen LogP contribution in [0.5, 0.6) is 0 Å². The van der Waals surface area contributed by atoms with Crippen molar-refractivity contribution in [3.05, 3.63) is 60.4 Å². The second-order valence-electron chi connectivity index (χ2n) is 5.85. The molecular formula is C17H15N5O3S. The van der Waals surface area contributed by atoms with E-state index in [1.54, 1.807) is 18.3 Å². The average Bonchev–Trinajstić information content (AvgIpc) is 3.27. The van der Waals surface area contributed by atoms with Crippen LogP contribution in [-0.2, 0) is 23.0 Å². The van der Waals surface area contributed by atoms with Gasteiger partial charge in [-0.2, -0.15) is 0 Å². The first-order valence-electron chi connectivity index (χ1n) is 7.86. The van der Waals surface area contributed by atoms with Gasteiger partial charge in [-0.15, -0.1) is 0 Å². The van der Waals surface area contributed by atoms with Crippen LogP contribution in [0.4, 0.5) is 0 Å². The lowest BCUT2D eigenvalue weighted by atomic mass is 10.1. The standard InChI is InChI=1S/C17H15N5O3S/c18-26(23,24)14-4-1-12(2-5-14)7-9-22-10-8-19-17(22)13-3-6-15-16(11-13)21-25-20-15/h1-6,8,10-11H,7,9H2,(H2,18,23,24). The summed E-state index contributed by atoms with van der Waals surface area (Å²) in [5, 5.41) is 12.8. The van der Waals surface area contributed by atoms with Crippen LogP contribution in [0.1, 0.15) is 5.56 Å². The number of hydrogen-bond donors (Lipinski definition) is 1. The number of nitrogens with two attached hydrogens (primary N) is 1. The van der Waals surface area contributed by atoms with Crippen LogP contribution in [0, 0.1) is 0 Å². The Morgan fingerprint density at radius 2 is 1.81 bits per heavy atom. The molecule has 4 rings (SSSR count). The minimum absolute atomic E-state index is 0.110. The van der Waals surface area contributed by atoms with Crippen molar-refractivity contribution in [2.24, 2.45) is 5.14 Å². The van der Waals surface area contributed by atoms with Gasteiger partial charge in [0.05, 0.1) is 4.90 Å². The number of hydrogen-bond acceptors (Lipinski definition) is 6. The van der Waals surface area contributed by atoms with Gasteiger partial charge in [0.2, 0.25) is 10.0 Å². The van der Waals surface area contributed by atoms with Crippen LogP contribution in [0.25, 0.3) is 22.4 Å². The molecule has 0 unspecified atom stereocenters. The number of fused-ring (bicyclic) bond motifs is 1. The molecule has 2 aromatic heterocycles. The van der Waals surface area contributed by atoms with Crippen LogP contribution in [0.2, 0.25) is 0 Å². The number of sulfonamides is 1. The second-order valence-corrected chi connectivity index (χ2v) is 7.41. The lowest BCUT2D eigenvalue weighted by molar-refractivity contribution is 0.315. The maximum absolute atomic E-state index is 11.3. The highest BCUT2D eigenvalue weighted by atomic mass is 32.2. The number of rotatable bonds is 5. The third-order valence-electron chi connectivity index (χ3n) is 4.12. The van der Waals surface area contributed by atoms with E-state index in [-0.39, 0.29) is 4.90 Å². The van der Waals surface area contributed by atoms with E-state index in [1.165, 1.54) is 12.1 Å². The Balaban J connectivity index is 1.54. The minimum Gasteiger partial charge on any atom is -0.331 e. The lowest BCUT2D eigenvalue weighted by Gasteiger charge is -2.08. The summed E-state index contributed by atoms with van der Waals surface area (Å²) in [7, 11) is -3.67. The normalized spacial score (nSPS) is 11.9. The largest absolute Gasteiger partial charge is 0.331 e. The molecular weight excluding hydrogens is 354 g/mol. The smallest absolute Gasteiger partial charge is 0.238 e. The summed E-state index contributed by atoms with van der Waals surface area (Å²) >= 11 is 0. The van der Waals surface area contributed by atoms with Gasteiger partial charge < -0.3 is 4.57 Å². The summed E-state index contributed by atoms with van der Waals surface area (Å²) < 4.78 is 29.4. The molecule has 0 aliphatic rings. The van der Waals surface area contributed by atoms with Crippen LogP contribution in [0.3, 0.4) is 0 Å². The molecule has 0 saturated heterocycles. The number of aryl methyl sites for hydroxylation is 2. The molecule has 0 aliphatic carbocycles. The quantitative estimate of drug-likeness (QED) is 0.575. The van der Waals surface area contributed by atoms with E-state index in [0.29, 0.717) is 17.6 Å². The summed E-state index contributed by atoms with van der Waals surface area (Å²) in [5.41, 5.74) is 3.30. The maximum atomic E-state index is 11.3. The van der Waals surface area contributed by atoms with E-state index in [0.717, 1.165) is 23.4 Å². The third-order valence-corrected chi connectivity index (χ3v) is 5.05. The molecule has 26 heavy (non-hydrogen) atoms. The molecule has 8 nitrogen and oxygen atoms in total. The molecule has 0 amide bonds. The van der Waals surface area contributed by atoms with Gasteiger partial charge in [0.15, 0.2) is 0 Å². The van der Waals surface area contributed by atoms with Crippen molar-refractivity contribution in [1.82, 2.24) is 19.9 Å². The highest BCUT2D eigenvalue weighted by Gasteiger charge is 2.10. The molecule has 132 valence electrons. The van der Waals surface area contributed by atoms with Crippen LogP contribution >= 0.6 is 0 Å². The molecule has 2 heterocycles. The maximum Gasteiger partial charge on any atom is 0.238 e. The monoisotopic (exact) mass is 369 g/mol. The first kappa shape index (κ1) is 16.4. The van der Waals surface area contributed by atoms with Gasteiger partial charge in [-0.05, 0) is 52.6 Å². The van der Waals surface area contributed by atoms with Crippen molar-refractivity contribution in [3.63, 3.8) is 0 Å². The van der Waals surface area contributed by atoms with Gasteiger partial charge in [-0.1, -0.05) is 12.1 Å². The minimum atomic E-state index is -3.67. The van der Waals surface area contributed by atoms with E-state index < -0.39 is 10.0 Å². The van der Waals surface area contributed by atoms with Gasteiger partial charge in [0.25, 0.3) is 0 Å². The number of aromatic nitrogens is 4. The van der Waals surface area contributed by atoms with Gasteiger partial charge >= 0.3 is 0 Å². The van der Waals surface area contributed by atoms with E-state index in [1.807, 2.05) is 29.0 Å². The molecule has 4 aromatic rings. The van der Waals surface area contributed by atoms with Crippen molar-refractivity contribution in [2.75, 3.05) is 0 Å². The number of primary sulfonamides is 1. The van der Waals surface area contributed by atoms with E-state index in [9.17, 15) is 8.42 Å². The first-order chi connectivity index (χ1) is 12.5. The Bertz CT molecular complexity index is 1160. The van der Waals surface area contributed by atoms with E-state index >= 15 is 0 Å². The van der Waals surface area contributed by atoms with Crippen molar-refractivity contribution >= 4 is 21.1 Å². The number of benzene rings is 2. The molecule has 2 aromatic carbocycles. The summed E-state index contributed by atoms with van der Waals surface area (Å²) in [6.07, 6.45) is 4.37. The zero-order valence-corrected chi connectivity index (χ0v) is 14.4. The highest BCUT2D eigenvalue weighted by Crippen LogP contribution is 2.22. The molecule has 2 N–H and O–H groups in total. The fraction of sp³-hybridized carbons (Fsp3) is 0.118. The van der Waals surface area contributed by atoms with Crippen molar-refractivity contribution in [3.8, 4) is 11.4 Å². The van der Waals surface area contributed by atoms with Crippen LogP contribution < -0.4 is 5.14 Å². The first-order valence-corrected chi connectivity index (χ1v) is 9.41. The summed E-state index contributed by atoms with van der Waals surface area (Å²) in [6.45, 7) is 0.694. The summed E-state index contributed by atoms with van der Waals surface area (Å²) in [4.78, 5) is 4.53. The van der Waals surface area contributed by atoms with Crippen LogP contribution in [0.15, 0.2) is 64.4 Å². The molecule has 0 bridgehead atoms. The van der Waals surface area contributed by atoms with Gasteiger partial charge in [0.1, 0.15) is 16.9 Å². The van der Waals surface area contributed by atoms with E-state index in [4.69, 9.17) is 9.77 Å². The fourth-order valence-electron chi connectivity index (χ4n) is 2.77. The molecule has 0 atom stereocenters. The third kappa shape index (κ3) is 3.22.